The fourth-order valence-corrected chi connectivity index (χ4v) is 3.80. The lowest BCUT2D eigenvalue weighted by Crippen LogP contribution is -2.49. The van der Waals surface area contributed by atoms with Crippen LogP contribution in [0.25, 0.3) is 0 Å². The van der Waals surface area contributed by atoms with E-state index >= 15 is 0 Å². The van der Waals surface area contributed by atoms with Crippen molar-refractivity contribution in [2.75, 3.05) is 19.6 Å². The summed E-state index contributed by atoms with van der Waals surface area (Å²) in [6.07, 6.45) is 2.67. The minimum absolute atomic E-state index is 0.0000567. The van der Waals surface area contributed by atoms with Gasteiger partial charge in [-0.05, 0) is 25.5 Å². The summed E-state index contributed by atoms with van der Waals surface area (Å²) in [5.74, 6) is -1.95. The summed E-state index contributed by atoms with van der Waals surface area (Å²) < 4.78 is 32.4. The molecule has 7 heteroatoms. The molecule has 1 aromatic rings. The van der Waals surface area contributed by atoms with Crippen LogP contribution in [0, 0.1) is 11.6 Å². The van der Waals surface area contributed by atoms with Crippen LogP contribution in [0.1, 0.15) is 49.9 Å². The largest absolute Gasteiger partial charge is 0.441 e. The van der Waals surface area contributed by atoms with Crippen LogP contribution in [0.2, 0.25) is 0 Å². The topological polar surface area (TPSA) is 49.9 Å². The number of halogens is 2. The van der Waals surface area contributed by atoms with E-state index in [-0.39, 0.29) is 17.7 Å². The Morgan fingerprint density at radius 3 is 2.42 bits per heavy atom. The molecule has 0 radical (unpaired) electrons. The van der Waals surface area contributed by atoms with Crippen molar-refractivity contribution >= 4 is 12.0 Å². The molecule has 1 spiro atoms. The number of carbonyl (C=O) groups is 2. The first-order valence-corrected chi connectivity index (χ1v) is 9.08. The van der Waals surface area contributed by atoms with Gasteiger partial charge in [0.25, 0.3) is 5.91 Å². The zero-order chi connectivity index (χ0) is 18.9. The summed E-state index contributed by atoms with van der Waals surface area (Å²) in [5, 5.41) is 0. The Morgan fingerprint density at radius 2 is 1.85 bits per heavy atom. The van der Waals surface area contributed by atoms with Crippen molar-refractivity contribution in [1.82, 2.24) is 9.80 Å². The Kier molecular flexibility index (Phi) is 5.16. The number of benzene rings is 1. The minimum Gasteiger partial charge on any atom is -0.441 e. The van der Waals surface area contributed by atoms with Crippen LogP contribution in [0.5, 0.6) is 0 Å². The van der Waals surface area contributed by atoms with Gasteiger partial charge in [0.05, 0.1) is 6.54 Å². The normalized spacial score (nSPS) is 20.4. The molecule has 2 aliphatic heterocycles. The number of hydrogen-bond acceptors (Lipinski definition) is 3. The van der Waals surface area contributed by atoms with Crippen LogP contribution in [0.3, 0.4) is 0 Å². The SMILES string of the molecule is CCCC(C)N1CC2(CCN(C(=O)c3cc(F)cc(F)c3)CC2)OC1=O. The van der Waals surface area contributed by atoms with Crippen molar-refractivity contribution in [2.24, 2.45) is 0 Å². The second-order valence-electron chi connectivity index (χ2n) is 7.27. The molecule has 2 amide bonds. The molecule has 2 saturated heterocycles. The predicted molar refractivity (Wildman–Crippen MR) is 91.8 cm³/mol. The number of carbonyl (C=O) groups excluding carboxylic acids is 2. The van der Waals surface area contributed by atoms with Gasteiger partial charge in [0.2, 0.25) is 0 Å². The summed E-state index contributed by atoms with van der Waals surface area (Å²) in [7, 11) is 0. The number of ether oxygens (including phenoxy) is 1. The molecule has 5 nitrogen and oxygen atoms in total. The minimum atomic E-state index is -0.771. The lowest BCUT2D eigenvalue weighted by atomic mass is 9.90. The maximum atomic E-state index is 13.3. The molecule has 2 aliphatic rings. The van der Waals surface area contributed by atoms with Crippen LogP contribution in [0.15, 0.2) is 18.2 Å². The highest BCUT2D eigenvalue weighted by Gasteiger charge is 2.48. The lowest BCUT2D eigenvalue weighted by Gasteiger charge is -2.37. The van der Waals surface area contributed by atoms with E-state index in [4.69, 9.17) is 4.74 Å². The summed E-state index contributed by atoms with van der Waals surface area (Å²) >= 11 is 0. The first-order valence-electron chi connectivity index (χ1n) is 9.08. The molecule has 2 heterocycles. The highest BCUT2D eigenvalue weighted by Crippen LogP contribution is 2.35. The third kappa shape index (κ3) is 3.66. The molecule has 1 atom stereocenters. The molecular weight excluding hydrogens is 342 g/mol. The second-order valence-corrected chi connectivity index (χ2v) is 7.27. The van der Waals surface area contributed by atoms with E-state index in [1.54, 1.807) is 9.80 Å². The van der Waals surface area contributed by atoms with Gasteiger partial charge < -0.3 is 14.5 Å². The zero-order valence-corrected chi connectivity index (χ0v) is 15.1. The molecule has 3 rings (SSSR count). The van der Waals surface area contributed by atoms with Crippen molar-refractivity contribution in [2.45, 2.75) is 51.2 Å². The van der Waals surface area contributed by atoms with Gasteiger partial charge in [-0.15, -0.1) is 0 Å². The molecule has 2 fully saturated rings. The van der Waals surface area contributed by atoms with Gasteiger partial charge in [0.15, 0.2) is 0 Å². The highest BCUT2D eigenvalue weighted by atomic mass is 19.1. The number of likely N-dealkylation sites (tertiary alicyclic amines) is 1. The zero-order valence-electron chi connectivity index (χ0n) is 15.1. The Bertz CT molecular complexity index is 682. The third-order valence-corrected chi connectivity index (χ3v) is 5.31. The van der Waals surface area contributed by atoms with Gasteiger partial charge in [0.1, 0.15) is 17.2 Å². The van der Waals surface area contributed by atoms with Gasteiger partial charge in [-0.25, -0.2) is 13.6 Å². The van der Waals surface area contributed by atoms with Gasteiger partial charge in [-0.2, -0.15) is 0 Å². The number of rotatable bonds is 4. The summed E-state index contributed by atoms with van der Waals surface area (Å²) in [4.78, 5) is 28.0. The molecule has 0 saturated carbocycles. The van der Waals surface area contributed by atoms with Crippen molar-refractivity contribution in [1.29, 1.82) is 0 Å². The van der Waals surface area contributed by atoms with Gasteiger partial charge >= 0.3 is 6.09 Å². The van der Waals surface area contributed by atoms with E-state index in [2.05, 4.69) is 6.92 Å². The number of piperidine rings is 1. The number of amides is 2. The third-order valence-electron chi connectivity index (χ3n) is 5.31. The first-order chi connectivity index (χ1) is 12.3. The van der Waals surface area contributed by atoms with Gasteiger partial charge in [-0.1, -0.05) is 13.3 Å². The van der Waals surface area contributed by atoms with Crippen LogP contribution in [-0.4, -0.2) is 53.1 Å². The quantitative estimate of drug-likeness (QED) is 0.818. The smallest absolute Gasteiger partial charge is 0.410 e. The standard InChI is InChI=1S/C19H24F2N2O3/c1-3-4-13(2)23-12-19(26-18(23)25)5-7-22(8-6-19)17(24)14-9-15(20)11-16(21)10-14/h9-11,13H,3-8,12H2,1-2H3. The van der Waals surface area contributed by atoms with Gasteiger partial charge in [0, 0.05) is 43.6 Å². The first kappa shape index (κ1) is 18.6. The van der Waals surface area contributed by atoms with E-state index in [0.29, 0.717) is 32.5 Å². The molecule has 0 N–H and O–H groups in total. The van der Waals surface area contributed by atoms with Crippen molar-refractivity contribution < 1.29 is 23.1 Å². The van der Waals surface area contributed by atoms with E-state index in [1.165, 1.54) is 0 Å². The second kappa shape index (κ2) is 7.21. The average molecular weight is 366 g/mol. The van der Waals surface area contributed by atoms with Crippen LogP contribution in [-0.2, 0) is 4.74 Å². The Hall–Kier alpha value is -2.18. The lowest BCUT2D eigenvalue weighted by molar-refractivity contribution is 0.00303. The average Bonchev–Trinajstić information content (AvgIpc) is 2.90. The molecule has 0 aliphatic carbocycles. The molecule has 26 heavy (non-hydrogen) atoms. The fraction of sp³-hybridized carbons (Fsp3) is 0.579. The summed E-state index contributed by atoms with van der Waals surface area (Å²) in [6.45, 7) is 5.40. The Balaban J connectivity index is 1.64. The summed E-state index contributed by atoms with van der Waals surface area (Å²) in [6, 6.07) is 2.95. The molecular formula is C19H24F2N2O3. The predicted octanol–water partition coefficient (Wildman–Crippen LogP) is 3.58. The molecule has 1 unspecified atom stereocenters. The monoisotopic (exact) mass is 366 g/mol. The summed E-state index contributed by atoms with van der Waals surface area (Å²) in [5.41, 5.74) is -0.566. The van der Waals surface area contributed by atoms with E-state index < -0.39 is 23.1 Å². The van der Waals surface area contributed by atoms with Crippen LogP contribution in [0.4, 0.5) is 13.6 Å². The van der Waals surface area contributed by atoms with E-state index in [0.717, 1.165) is 31.0 Å². The van der Waals surface area contributed by atoms with Crippen LogP contribution < -0.4 is 0 Å². The van der Waals surface area contributed by atoms with Crippen LogP contribution >= 0.6 is 0 Å². The maximum absolute atomic E-state index is 13.3. The highest BCUT2D eigenvalue weighted by molar-refractivity contribution is 5.94. The van der Waals surface area contributed by atoms with E-state index in [1.807, 2.05) is 6.92 Å². The Labute approximate surface area is 151 Å². The number of nitrogens with zero attached hydrogens (tertiary/aromatic N) is 2. The van der Waals surface area contributed by atoms with Crippen molar-refractivity contribution in [3.63, 3.8) is 0 Å². The van der Waals surface area contributed by atoms with Gasteiger partial charge in [-0.3, -0.25) is 4.79 Å². The maximum Gasteiger partial charge on any atom is 0.410 e. The molecule has 0 bridgehead atoms. The molecule has 142 valence electrons. The van der Waals surface area contributed by atoms with E-state index in [9.17, 15) is 18.4 Å². The fourth-order valence-electron chi connectivity index (χ4n) is 3.80. The van der Waals surface area contributed by atoms with Crippen molar-refractivity contribution in [3.05, 3.63) is 35.4 Å². The molecule has 0 aromatic heterocycles. The Morgan fingerprint density at radius 1 is 1.23 bits per heavy atom. The number of hydrogen-bond donors (Lipinski definition) is 0. The van der Waals surface area contributed by atoms with Crippen molar-refractivity contribution in [3.8, 4) is 0 Å². The molecule has 1 aromatic carbocycles.